The van der Waals surface area contributed by atoms with E-state index in [-0.39, 0.29) is 0 Å². The first-order chi connectivity index (χ1) is 6.76. The lowest BCUT2D eigenvalue weighted by molar-refractivity contribution is 0.111. The maximum atomic E-state index is 10.7. The summed E-state index contributed by atoms with van der Waals surface area (Å²) in [7, 11) is 0. The van der Waals surface area contributed by atoms with Gasteiger partial charge < -0.3 is 0 Å². The Labute approximate surface area is 81.7 Å². The number of carbonyl (C=O) groups excluding carboxylic acids is 1. The van der Waals surface area contributed by atoms with Gasteiger partial charge in [0.05, 0.1) is 6.20 Å². The SMILES string of the molecule is C=Cc1cn2c(C=O)cnc2cc1C. The van der Waals surface area contributed by atoms with Crippen molar-refractivity contribution in [3.63, 3.8) is 0 Å². The van der Waals surface area contributed by atoms with Gasteiger partial charge in [-0.1, -0.05) is 12.7 Å². The number of aryl methyl sites for hydroxylation is 1. The zero-order chi connectivity index (χ0) is 10.1. The highest BCUT2D eigenvalue weighted by Crippen LogP contribution is 2.13. The molecule has 0 spiro atoms. The third kappa shape index (κ3) is 1.14. The number of rotatable bonds is 2. The van der Waals surface area contributed by atoms with E-state index >= 15 is 0 Å². The van der Waals surface area contributed by atoms with Crippen molar-refractivity contribution in [3.8, 4) is 0 Å². The van der Waals surface area contributed by atoms with E-state index in [1.165, 1.54) is 0 Å². The molecule has 0 bridgehead atoms. The lowest BCUT2D eigenvalue weighted by Crippen LogP contribution is -1.93. The van der Waals surface area contributed by atoms with Crippen LogP contribution in [-0.4, -0.2) is 15.7 Å². The van der Waals surface area contributed by atoms with Crippen LogP contribution in [0.4, 0.5) is 0 Å². The first-order valence-corrected chi connectivity index (χ1v) is 4.31. The van der Waals surface area contributed by atoms with Crippen molar-refractivity contribution in [2.24, 2.45) is 0 Å². The van der Waals surface area contributed by atoms with E-state index in [4.69, 9.17) is 0 Å². The van der Waals surface area contributed by atoms with Gasteiger partial charge >= 0.3 is 0 Å². The van der Waals surface area contributed by atoms with Gasteiger partial charge in [-0.3, -0.25) is 9.20 Å². The monoisotopic (exact) mass is 186 g/mol. The third-order valence-electron chi connectivity index (χ3n) is 2.26. The minimum Gasteiger partial charge on any atom is -0.297 e. The number of hydrogen-bond donors (Lipinski definition) is 0. The Bertz CT molecular complexity index is 511. The van der Waals surface area contributed by atoms with E-state index in [0.29, 0.717) is 5.69 Å². The van der Waals surface area contributed by atoms with Crippen molar-refractivity contribution < 1.29 is 4.79 Å². The second-order valence-corrected chi connectivity index (χ2v) is 3.15. The first-order valence-electron chi connectivity index (χ1n) is 4.31. The minimum atomic E-state index is 0.558. The Hall–Kier alpha value is -1.90. The summed E-state index contributed by atoms with van der Waals surface area (Å²) in [6.07, 6.45) is 5.99. The highest BCUT2D eigenvalue weighted by molar-refractivity contribution is 5.74. The van der Waals surface area contributed by atoms with Crippen molar-refractivity contribution in [2.75, 3.05) is 0 Å². The number of nitrogens with zero attached hydrogens (tertiary/aromatic N) is 2. The standard InChI is InChI=1S/C11H10N2O/c1-3-9-6-13-10(7-14)5-12-11(13)4-8(9)2/h3-7H,1H2,2H3. The van der Waals surface area contributed by atoms with Crippen LogP contribution < -0.4 is 0 Å². The number of fused-ring (bicyclic) bond motifs is 1. The molecule has 2 aromatic heterocycles. The van der Waals surface area contributed by atoms with Crippen molar-refractivity contribution >= 4 is 18.0 Å². The van der Waals surface area contributed by atoms with E-state index in [2.05, 4.69) is 11.6 Å². The summed E-state index contributed by atoms with van der Waals surface area (Å²) in [5.74, 6) is 0. The number of hydrogen-bond acceptors (Lipinski definition) is 2. The van der Waals surface area contributed by atoms with Crippen molar-refractivity contribution in [1.82, 2.24) is 9.38 Å². The molecule has 0 saturated carbocycles. The van der Waals surface area contributed by atoms with Crippen molar-refractivity contribution in [3.05, 3.63) is 41.9 Å². The molecule has 0 saturated heterocycles. The van der Waals surface area contributed by atoms with Gasteiger partial charge in [-0.15, -0.1) is 0 Å². The van der Waals surface area contributed by atoms with Crippen molar-refractivity contribution in [1.29, 1.82) is 0 Å². The molecule has 2 rings (SSSR count). The van der Waals surface area contributed by atoms with Crippen LogP contribution in [-0.2, 0) is 0 Å². The predicted molar refractivity (Wildman–Crippen MR) is 55.4 cm³/mol. The maximum absolute atomic E-state index is 10.7. The molecule has 3 nitrogen and oxygen atoms in total. The molecule has 2 aromatic rings. The fraction of sp³-hybridized carbons (Fsp3) is 0.0909. The second-order valence-electron chi connectivity index (χ2n) is 3.15. The number of carbonyl (C=O) groups is 1. The molecular formula is C11H10N2O. The molecule has 0 fully saturated rings. The highest BCUT2D eigenvalue weighted by Gasteiger charge is 2.03. The number of pyridine rings is 1. The van der Waals surface area contributed by atoms with Crippen LogP contribution in [0.2, 0.25) is 0 Å². The normalized spacial score (nSPS) is 10.4. The van der Waals surface area contributed by atoms with Crippen LogP contribution >= 0.6 is 0 Å². The summed E-state index contributed by atoms with van der Waals surface area (Å²) < 4.78 is 1.76. The molecule has 0 aliphatic carbocycles. The molecule has 0 N–H and O–H groups in total. The van der Waals surface area contributed by atoms with E-state index in [1.54, 1.807) is 16.7 Å². The molecule has 70 valence electrons. The summed E-state index contributed by atoms with van der Waals surface area (Å²) in [6, 6.07) is 1.93. The average Bonchev–Trinajstić information content (AvgIpc) is 2.58. The molecule has 0 amide bonds. The molecule has 0 aliphatic heterocycles. The molecule has 0 unspecified atom stereocenters. The van der Waals surface area contributed by atoms with E-state index in [0.717, 1.165) is 23.1 Å². The summed E-state index contributed by atoms with van der Waals surface area (Å²) >= 11 is 0. The molecule has 3 heteroatoms. The highest BCUT2D eigenvalue weighted by atomic mass is 16.1. The fourth-order valence-corrected chi connectivity index (χ4v) is 1.46. The minimum absolute atomic E-state index is 0.558. The van der Waals surface area contributed by atoms with Gasteiger partial charge in [-0.2, -0.15) is 0 Å². The Morgan fingerprint density at radius 3 is 3.00 bits per heavy atom. The Kier molecular flexibility index (Phi) is 1.93. The molecular weight excluding hydrogens is 176 g/mol. The van der Waals surface area contributed by atoms with Gasteiger partial charge in [-0.25, -0.2) is 4.98 Å². The Morgan fingerprint density at radius 2 is 2.36 bits per heavy atom. The third-order valence-corrected chi connectivity index (χ3v) is 2.26. The van der Waals surface area contributed by atoms with Crippen LogP contribution in [0.15, 0.2) is 25.0 Å². The zero-order valence-corrected chi connectivity index (χ0v) is 7.90. The smallest absolute Gasteiger partial charge is 0.168 e. The lowest BCUT2D eigenvalue weighted by atomic mass is 10.1. The fourth-order valence-electron chi connectivity index (χ4n) is 1.46. The number of aldehydes is 1. The summed E-state index contributed by atoms with van der Waals surface area (Å²) in [5, 5.41) is 0. The summed E-state index contributed by atoms with van der Waals surface area (Å²) in [6.45, 7) is 5.71. The van der Waals surface area contributed by atoms with Gasteiger partial charge in [0.2, 0.25) is 0 Å². The Balaban J connectivity index is 2.82. The molecule has 0 aliphatic rings. The quantitative estimate of drug-likeness (QED) is 0.673. The van der Waals surface area contributed by atoms with Gasteiger partial charge in [0, 0.05) is 6.20 Å². The van der Waals surface area contributed by atoms with E-state index in [1.807, 2.05) is 19.2 Å². The summed E-state index contributed by atoms with van der Waals surface area (Å²) in [5.41, 5.74) is 3.47. The zero-order valence-electron chi connectivity index (χ0n) is 7.90. The maximum Gasteiger partial charge on any atom is 0.168 e. The van der Waals surface area contributed by atoms with Gasteiger partial charge in [0.15, 0.2) is 6.29 Å². The molecule has 0 atom stereocenters. The molecule has 0 radical (unpaired) electrons. The number of aromatic nitrogens is 2. The van der Waals surface area contributed by atoms with Crippen molar-refractivity contribution in [2.45, 2.75) is 6.92 Å². The van der Waals surface area contributed by atoms with E-state index in [9.17, 15) is 4.79 Å². The average molecular weight is 186 g/mol. The first kappa shape index (κ1) is 8.69. The predicted octanol–water partition coefficient (Wildman–Crippen LogP) is 2.10. The molecule has 0 aromatic carbocycles. The van der Waals surface area contributed by atoms with Gasteiger partial charge in [-0.05, 0) is 24.1 Å². The molecule has 2 heterocycles. The Morgan fingerprint density at radius 1 is 1.57 bits per heavy atom. The van der Waals surface area contributed by atoms with Crippen LogP contribution in [0.1, 0.15) is 21.6 Å². The van der Waals surface area contributed by atoms with Gasteiger partial charge in [0.25, 0.3) is 0 Å². The van der Waals surface area contributed by atoms with Crippen LogP contribution in [0.3, 0.4) is 0 Å². The topological polar surface area (TPSA) is 34.4 Å². The largest absolute Gasteiger partial charge is 0.297 e. The van der Waals surface area contributed by atoms with E-state index < -0.39 is 0 Å². The van der Waals surface area contributed by atoms with Gasteiger partial charge in [0.1, 0.15) is 11.3 Å². The molecule has 14 heavy (non-hydrogen) atoms. The van der Waals surface area contributed by atoms with Crippen LogP contribution in [0, 0.1) is 6.92 Å². The second kappa shape index (κ2) is 3.10. The number of imidazole rings is 1. The van der Waals surface area contributed by atoms with Crippen LogP contribution in [0.25, 0.3) is 11.7 Å². The lowest BCUT2D eigenvalue weighted by Gasteiger charge is -2.02. The summed E-state index contributed by atoms with van der Waals surface area (Å²) in [4.78, 5) is 14.8. The van der Waals surface area contributed by atoms with Crippen LogP contribution in [0.5, 0.6) is 0 Å².